The van der Waals surface area contributed by atoms with Crippen LogP contribution in [-0.4, -0.2) is 66.3 Å². The van der Waals surface area contributed by atoms with Crippen molar-refractivity contribution in [3.8, 4) is 0 Å². The van der Waals surface area contributed by atoms with Crippen LogP contribution in [0.3, 0.4) is 0 Å². The Hall–Kier alpha value is -1.25. The molecule has 0 aromatic carbocycles. The lowest BCUT2D eigenvalue weighted by atomic mass is 10.0. The normalized spacial score (nSPS) is 28.7. The second-order valence-electron chi connectivity index (χ2n) is 7.26. The van der Waals surface area contributed by atoms with Crippen LogP contribution < -0.4 is 4.90 Å². The highest BCUT2D eigenvalue weighted by molar-refractivity contribution is 7.86. The molecule has 2 unspecified atom stereocenters. The van der Waals surface area contributed by atoms with Crippen molar-refractivity contribution in [1.82, 2.24) is 18.6 Å². The van der Waals surface area contributed by atoms with Crippen molar-refractivity contribution in [2.45, 2.75) is 26.7 Å². The molecule has 3 fully saturated rings. The summed E-state index contributed by atoms with van der Waals surface area (Å²) < 4.78 is 28.8. The summed E-state index contributed by atoms with van der Waals surface area (Å²) >= 11 is 0. The molecule has 8 heteroatoms. The lowest BCUT2D eigenvalue weighted by molar-refractivity contribution is 0.385. The molecule has 7 nitrogen and oxygen atoms in total. The summed E-state index contributed by atoms with van der Waals surface area (Å²) in [5, 5.41) is 0. The van der Waals surface area contributed by atoms with Crippen LogP contribution in [0.2, 0.25) is 0 Å². The molecule has 1 aromatic rings. The van der Waals surface area contributed by atoms with Crippen LogP contribution >= 0.6 is 0 Å². The third-order valence-corrected chi connectivity index (χ3v) is 7.75. The van der Waals surface area contributed by atoms with Crippen LogP contribution in [0, 0.1) is 25.7 Å². The van der Waals surface area contributed by atoms with E-state index in [9.17, 15) is 8.42 Å². The van der Waals surface area contributed by atoms with E-state index in [-0.39, 0.29) is 0 Å². The number of anilines is 1. The number of aromatic nitrogens is 2. The Kier molecular flexibility index (Phi) is 4.01. The largest absolute Gasteiger partial charge is 0.356 e. The SMILES string of the molecule is Cc1ncnc(N2CC3CN(S(=O)(=O)N4CCCC4)CC3C2)c1C. The molecule has 3 aliphatic rings. The third-order valence-electron chi connectivity index (χ3n) is 5.78. The van der Waals surface area contributed by atoms with Gasteiger partial charge in [-0.25, -0.2) is 9.97 Å². The highest BCUT2D eigenvalue weighted by Crippen LogP contribution is 2.36. The van der Waals surface area contributed by atoms with E-state index in [1.807, 2.05) is 6.92 Å². The average Bonchev–Trinajstić information content (AvgIpc) is 3.25. The smallest absolute Gasteiger partial charge is 0.281 e. The molecule has 4 rings (SSSR count). The zero-order valence-corrected chi connectivity index (χ0v) is 15.2. The first kappa shape index (κ1) is 16.2. The molecule has 0 aliphatic carbocycles. The second-order valence-corrected chi connectivity index (χ2v) is 9.19. The van der Waals surface area contributed by atoms with Gasteiger partial charge in [0.1, 0.15) is 12.1 Å². The highest BCUT2D eigenvalue weighted by Gasteiger charge is 2.46. The monoisotopic (exact) mass is 351 g/mol. The molecular formula is C16H25N5O2S. The summed E-state index contributed by atoms with van der Waals surface area (Å²) in [4.78, 5) is 11.0. The van der Waals surface area contributed by atoms with Crippen molar-refractivity contribution in [2.75, 3.05) is 44.2 Å². The minimum absolute atomic E-state index is 0.400. The Labute approximate surface area is 143 Å². The van der Waals surface area contributed by atoms with Gasteiger partial charge in [-0.2, -0.15) is 17.0 Å². The second kappa shape index (κ2) is 5.93. The molecule has 0 N–H and O–H groups in total. The number of aryl methyl sites for hydroxylation is 1. The molecule has 3 aliphatic heterocycles. The minimum Gasteiger partial charge on any atom is -0.356 e. The Morgan fingerprint density at radius 1 is 0.958 bits per heavy atom. The third kappa shape index (κ3) is 2.60. The van der Waals surface area contributed by atoms with Gasteiger partial charge in [0.2, 0.25) is 0 Å². The van der Waals surface area contributed by atoms with E-state index < -0.39 is 10.2 Å². The van der Waals surface area contributed by atoms with Gasteiger partial charge in [-0.1, -0.05) is 0 Å². The van der Waals surface area contributed by atoms with E-state index in [1.54, 1.807) is 14.9 Å². The minimum atomic E-state index is -3.25. The van der Waals surface area contributed by atoms with Crippen molar-refractivity contribution in [1.29, 1.82) is 0 Å². The zero-order valence-electron chi connectivity index (χ0n) is 14.3. The number of fused-ring (bicyclic) bond motifs is 1. The predicted molar refractivity (Wildman–Crippen MR) is 92.0 cm³/mol. The lowest BCUT2D eigenvalue weighted by Crippen LogP contribution is -2.42. The Bertz CT molecular complexity index is 718. The summed E-state index contributed by atoms with van der Waals surface area (Å²) in [5.74, 6) is 1.81. The average molecular weight is 351 g/mol. The summed E-state index contributed by atoms with van der Waals surface area (Å²) in [6.45, 7) is 8.47. The summed E-state index contributed by atoms with van der Waals surface area (Å²) in [7, 11) is -3.25. The van der Waals surface area contributed by atoms with Crippen LogP contribution in [0.4, 0.5) is 5.82 Å². The van der Waals surface area contributed by atoms with E-state index in [1.165, 1.54) is 0 Å². The van der Waals surface area contributed by atoms with Gasteiger partial charge in [0, 0.05) is 50.5 Å². The van der Waals surface area contributed by atoms with Crippen LogP contribution in [0.15, 0.2) is 6.33 Å². The van der Waals surface area contributed by atoms with Gasteiger partial charge in [0.25, 0.3) is 10.2 Å². The fraction of sp³-hybridized carbons (Fsp3) is 0.750. The number of hydrogen-bond donors (Lipinski definition) is 0. The first-order chi connectivity index (χ1) is 11.5. The first-order valence-corrected chi connectivity index (χ1v) is 10.1. The predicted octanol–water partition coefficient (Wildman–Crippen LogP) is 0.802. The van der Waals surface area contributed by atoms with Crippen molar-refractivity contribution in [3.63, 3.8) is 0 Å². The molecule has 0 radical (unpaired) electrons. The molecule has 0 saturated carbocycles. The van der Waals surface area contributed by atoms with E-state index in [4.69, 9.17) is 0 Å². The van der Waals surface area contributed by atoms with Crippen LogP contribution in [0.5, 0.6) is 0 Å². The fourth-order valence-corrected chi connectivity index (χ4v) is 6.04. The van der Waals surface area contributed by atoms with E-state index in [0.29, 0.717) is 38.0 Å². The fourth-order valence-electron chi connectivity index (χ4n) is 4.24. The highest BCUT2D eigenvalue weighted by atomic mass is 32.2. The van der Waals surface area contributed by atoms with E-state index in [2.05, 4.69) is 21.8 Å². The van der Waals surface area contributed by atoms with Crippen molar-refractivity contribution in [3.05, 3.63) is 17.6 Å². The molecule has 132 valence electrons. The van der Waals surface area contributed by atoms with Crippen molar-refractivity contribution in [2.24, 2.45) is 11.8 Å². The number of nitrogens with zero attached hydrogens (tertiary/aromatic N) is 5. The van der Waals surface area contributed by atoms with Gasteiger partial charge in [-0.05, 0) is 38.5 Å². The molecule has 24 heavy (non-hydrogen) atoms. The molecule has 3 saturated heterocycles. The van der Waals surface area contributed by atoms with Crippen LogP contribution in [0.1, 0.15) is 24.1 Å². The van der Waals surface area contributed by atoms with Gasteiger partial charge in [-0.3, -0.25) is 0 Å². The quantitative estimate of drug-likeness (QED) is 0.806. The Balaban J connectivity index is 1.46. The van der Waals surface area contributed by atoms with Gasteiger partial charge >= 0.3 is 0 Å². The van der Waals surface area contributed by atoms with Crippen molar-refractivity contribution < 1.29 is 8.42 Å². The molecule has 2 atom stereocenters. The molecule has 0 spiro atoms. The molecule has 0 bridgehead atoms. The molecule has 1 aromatic heterocycles. The summed E-state index contributed by atoms with van der Waals surface area (Å²) in [6, 6.07) is 0. The molecular weight excluding hydrogens is 326 g/mol. The number of hydrogen-bond acceptors (Lipinski definition) is 5. The summed E-state index contributed by atoms with van der Waals surface area (Å²) in [6.07, 6.45) is 3.59. The maximum Gasteiger partial charge on any atom is 0.281 e. The van der Waals surface area contributed by atoms with Crippen LogP contribution in [0.25, 0.3) is 0 Å². The van der Waals surface area contributed by atoms with E-state index >= 15 is 0 Å². The van der Waals surface area contributed by atoms with E-state index in [0.717, 1.165) is 43.0 Å². The maximum absolute atomic E-state index is 12.7. The summed E-state index contributed by atoms with van der Waals surface area (Å²) in [5.41, 5.74) is 2.13. The molecule has 0 amide bonds. The lowest BCUT2D eigenvalue weighted by Gasteiger charge is -2.26. The van der Waals surface area contributed by atoms with Gasteiger partial charge < -0.3 is 4.90 Å². The van der Waals surface area contributed by atoms with Gasteiger partial charge in [0.15, 0.2) is 0 Å². The standard InChI is InChI=1S/C16H25N5O2S/c1-12-13(2)17-11-18-16(12)19-7-14-9-21(10-15(14)8-19)24(22,23)20-5-3-4-6-20/h11,14-15H,3-10H2,1-2H3. The number of rotatable bonds is 3. The van der Waals surface area contributed by atoms with Gasteiger partial charge in [-0.15, -0.1) is 0 Å². The topological polar surface area (TPSA) is 69.6 Å². The Morgan fingerprint density at radius 3 is 2.21 bits per heavy atom. The van der Waals surface area contributed by atoms with Crippen LogP contribution in [-0.2, 0) is 10.2 Å². The zero-order chi connectivity index (χ0) is 16.9. The Morgan fingerprint density at radius 2 is 1.58 bits per heavy atom. The molecule has 4 heterocycles. The van der Waals surface area contributed by atoms with Gasteiger partial charge in [0.05, 0.1) is 0 Å². The first-order valence-electron chi connectivity index (χ1n) is 8.75. The maximum atomic E-state index is 12.7. The van der Waals surface area contributed by atoms with Crippen molar-refractivity contribution >= 4 is 16.0 Å².